The average molecular weight is 637 g/mol. The first-order valence-corrected chi connectivity index (χ1v) is 15.6. The van der Waals surface area contributed by atoms with Crippen molar-refractivity contribution in [2.75, 3.05) is 49.9 Å². The Kier molecular flexibility index (Phi) is 8.64. The van der Waals surface area contributed by atoms with E-state index in [0.29, 0.717) is 51.3 Å². The number of urea groups is 1. The predicted octanol–water partition coefficient (Wildman–Crippen LogP) is 5.29. The van der Waals surface area contributed by atoms with Crippen LogP contribution in [-0.2, 0) is 11.4 Å². The number of nitrogens with one attached hydrogen (secondary N) is 1. The second-order valence-corrected chi connectivity index (χ2v) is 12.8. The number of pyridine rings is 2. The van der Waals surface area contributed by atoms with Crippen LogP contribution in [0.1, 0.15) is 42.4 Å². The van der Waals surface area contributed by atoms with Crippen LogP contribution in [0.4, 0.5) is 16.3 Å². The Bertz CT molecular complexity index is 1520. The van der Waals surface area contributed by atoms with Crippen molar-refractivity contribution < 1.29 is 14.3 Å². The Morgan fingerprint density at radius 2 is 1.70 bits per heavy atom. The van der Waals surface area contributed by atoms with E-state index in [1.807, 2.05) is 21.9 Å². The lowest BCUT2D eigenvalue weighted by molar-refractivity contribution is -0.112. The topological polar surface area (TPSA) is 129 Å². The van der Waals surface area contributed by atoms with E-state index >= 15 is 0 Å². The number of hydrogen-bond donors (Lipinski definition) is 2. The van der Waals surface area contributed by atoms with Crippen molar-refractivity contribution >= 4 is 52.7 Å². The highest BCUT2D eigenvalue weighted by Gasteiger charge is 2.46. The van der Waals surface area contributed by atoms with E-state index in [9.17, 15) is 9.59 Å². The van der Waals surface area contributed by atoms with Gasteiger partial charge in [0, 0.05) is 91.6 Å². The summed E-state index contributed by atoms with van der Waals surface area (Å²) in [4.78, 5) is 38.8. The van der Waals surface area contributed by atoms with Crippen molar-refractivity contribution in [3.8, 4) is 5.75 Å². The van der Waals surface area contributed by atoms with Gasteiger partial charge in [-0.1, -0.05) is 23.2 Å². The van der Waals surface area contributed by atoms with Gasteiger partial charge in [0.2, 0.25) is 0 Å². The molecule has 44 heavy (non-hydrogen) atoms. The fourth-order valence-corrected chi connectivity index (χ4v) is 6.76. The number of benzene rings is 1. The van der Waals surface area contributed by atoms with Crippen molar-refractivity contribution in [2.45, 2.75) is 32.3 Å². The van der Waals surface area contributed by atoms with Gasteiger partial charge in [0.15, 0.2) is 0 Å². The van der Waals surface area contributed by atoms with E-state index in [2.05, 4.69) is 14.9 Å². The number of hydrogen-bond acceptors (Lipinski definition) is 8. The number of carbonyl (C=O) groups excluding carboxylic acids is 2. The summed E-state index contributed by atoms with van der Waals surface area (Å²) in [7, 11) is 0. The summed E-state index contributed by atoms with van der Waals surface area (Å²) in [5.41, 5.74) is 8.98. The normalized spacial score (nSPS) is 18.2. The highest BCUT2D eigenvalue weighted by Crippen LogP contribution is 2.42. The number of amides is 2. The van der Waals surface area contributed by atoms with Crippen LogP contribution in [0, 0.1) is 16.7 Å². The fourth-order valence-electron chi connectivity index (χ4n) is 6.29. The molecule has 230 valence electrons. The van der Waals surface area contributed by atoms with Crippen LogP contribution in [0.2, 0.25) is 10.0 Å². The molecule has 3 fully saturated rings. The first-order valence-electron chi connectivity index (χ1n) is 14.8. The summed E-state index contributed by atoms with van der Waals surface area (Å²) in [5.74, 6) is 1.50. The number of aldehydes is 1. The van der Waals surface area contributed by atoms with Gasteiger partial charge in [0.25, 0.3) is 0 Å². The van der Waals surface area contributed by atoms with E-state index in [1.165, 1.54) is 12.4 Å². The van der Waals surface area contributed by atoms with Crippen LogP contribution >= 0.6 is 23.2 Å². The largest absolute Gasteiger partial charge is 0.489 e. The van der Waals surface area contributed by atoms with Crippen molar-refractivity contribution in [2.24, 2.45) is 11.3 Å². The van der Waals surface area contributed by atoms with Gasteiger partial charge in [-0.3, -0.25) is 10.4 Å². The third-order valence-corrected chi connectivity index (χ3v) is 9.79. The number of carbonyl (C=O) groups is 2. The number of ether oxygens (including phenoxy) is 1. The maximum atomic E-state index is 13.0. The molecule has 0 unspecified atom stereocenters. The molecule has 0 bridgehead atoms. The Labute approximate surface area is 266 Å². The molecule has 0 saturated carbocycles. The number of nitrogen functional groups attached to an aromatic ring is 1. The Morgan fingerprint density at radius 1 is 1.02 bits per heavy atom. The van der Waals surface area contributed by atoms with Crippen molar-refractivity contribution in [3.63, 3.8) is 0 Å². The molecule has 3 saturated heterocycles. The summed E-state index contributed by atoms with van der Waals surface area (Å²) in [6.07, 6.45) is 9.23. The van der Waals surface area contributed by atoms with Crippen LogP contribution in [0.25, 0.3) is 0 Å². The summed E-state index contributed by atoms with van der Waals surface area (Å²) < 4.78 is 5.91. The number of nitrogens with two attached hydrogens (primary N) is 1. The number of aromatic nitrogens is 2. The molecule has 2 aromatic heterocycles. The molecule has 0 radical (unpaired) electrons. The zero-order chi connectivity index (χ0) is 30.8. The molecule has 0 atom stereocenters. The van der Waals surface area contributed by atoms with Gasteiger partial charge in [0.05, 0.1) is 15.8 Å². The molecule has 3 aromatic rings. The third-order valence-electron chi connectivity index (χ3n) is 9.14. The van der Waals surface area contributed by atoms with Gasteiger partial charge in [-0.15, -0.1) is 0 Å². The molecular formula is C32H35Cl2N7O3. The van der Waals surface area contributed by atoms with E-state index in [4.69, 9.17) is 39.1 Å². The predicted molar refractivity (Wildman–Crippen MR) is 171 cm³/mol. The van der Waals surface area contributed by atoms with E-state index in [0.717, 1.165) is 64.0 Å². The van der Waals surface area contributed by atoms with Crippen LogP contribution in [0.5, 0.6) is 5.75 Å². The molecule has 6 rings (SSSR count). The molecule has 1 spiro atoms. The SMILES string of the molecule is N=C(c1ccc(N2CC3(CCN(C(=O)N4CCC(C=O)CC4)CC3)C2)nc1)c1cc(OCc2c(Cl)cncc2Cl)ccc1N. The summed E-state index contributed by atoms with van der Waals surface area (Å²) in [6, 6.07) is 9.15. The maximum Gasteiger partial charge on any atom is 0.319 e. The molecule has 3 N–H and O–H groups in total. The summed E-state index contributed by atoms with van der Waals surface area (Å²) >= 11 is 12.4. The molecule has 1 aromatic carbocycles. The Morgan fingerprint density at radius 3 is 2.34 bits per heavy atom. The van der Waals surface area contributed by atoms with Crippen LogP contribution in [0.15, 0.2) is 48.9 Å². The minimum absolute atomic E-state index is 0.0891. The standard InChI is InChI=1S/C32H35Cl2N7O3/c33-26-15-37-16-27(34)25(26)18-44-23-2-3-28(35)24(13-23)30(36)22-1-4-29(38-14-22)41-19-32(20-41)7-11-40(12-8-32)31(43)39-9-5-21(17-42)6-10-39/h1-4,13-17,21,36H,5-12,18-20,35H2. The first kappa shape index (κ1) is 30.1. The number of nitrogens with zero attached hydrogens (tertiary/aromatic N) is 5. The molecule has 3 aliphatic rings. The quantitative estimate of drug-likeness (QED) is 0.205. The smallest absolute Gasteiger partial charge is 0.319 e. The first-order chi connectivity index (χ1) is 21.2. The van der Waals surface area contributed by atoms with Crippen LogP contribution in [-0.4, -0.2) is 77.1 Å². The van der Waals surface area contributed by atoms with E-state index in [-0.39, 0.29) is 29.7 Å². The van der Waals surface area contributed by atoms with E-state index < -0.39 is 0 Å². The van der Waals surface area contributed by atoms with Gasteiger partial charge in [-0.25, -0.2) is 9.78 Å². The number of halogens is 2. The van der Waals surface area contributed by atoms with Crippen molar-refractivity contribution in [1.82, 2.24) is 19.8 Å². The number of likely N-dealkylation sites (tertiary alicyclic amines) is 2. The van der Waals surface area contributed by atoms with Crippen LogP contribution < -0.4 is 15.4 Å². The molecule has 2 amide bonds. The summed E-state index contributed by atoms with van der Waals surface area (Å²) in [6.45, 7) is 4.81. The lowest BCUT2D eigenvalue weighted by Gasteiger charge is -2.54. The number of piperidine rings is 2. The summed E-state index contributed by atoms with van der Waals surface area (Å²) in [5, 5.41) is 9.66. The minimum atomic E-state index is 0.0891. The zero-order valence-electron chi connectivity index (χ0n) is 24.3. The second-order valence-electron chi connectivity index (χ2n) is 12.0. The molecule has 3 aliphatic heterocycles. The number of anilines is 2. The van der Waals surface area contributed by atoms with Gasteiger partial charge in [0.1, 0.15) is 24.5 Å². The minimum Gasteiger partial charge on any atom is -0.489 e. The molecule has 5 heterocycles. The second kappa shape index (κ2) is 12.6. The third kappa shape index (κ3) is 6.19. The Hall–Kier alpha value is -3.89. The molecular weight excluding hydrogens is 601 g/mol. The van der Waals surface area contributed by atoms with Gasteiger partial charge in [-0.05, 0) is 56.0 Å². The van der Waals surface area contributed by atoms with Gasteiger partial charge >= 0.3 is 6.03 Å². The number of rotatable bonds is 7. The molecule has 12 heteroatoms. The molecule has 10 nitrogen and oxygen atoms in total. The zero-order valence-corrected chi connectivity index (χ0v) is 25.9. The highest BCUT2D eigenvalue weighted by atomic mass is 35.5. The highest BCUT2D eigenvalue weighted by molar-refractivity contribution is 6.35. The average Bonchev–Trinajstić information content (AvgIpc) is 3.03. The monoisotopic (exact) mass is 635 g/mol. The maximum absolute atomic E-state index is 13.0. The van der Waals surface area contributed by atoms with Crippen molar-refractivity contribution in [3.05, 3.63) is 75.7 Å². The fraction of sp³-hybridized carbons (Fsp3) is 0.406. The van der Waals surface area contributed by atoms with Crippen molar-refractivity contribution in [1.29, 1.82) is 5.41 Å². The van der Waals surface area contributed by atoms with Gasteiger partial charge in [-0.2, -0.15) is 0 Å². The molecule has 0 aliphatic carbocycles. The Balaban J connectivity index is 1.02. The van der Waals surface area contributed by atoms with Crippen LogP contribution in [0.3, 0.4) is 0 Å². The lowest BCUT2D eigenvalue weighted by Crippen LogP contribution is -2.62. The lowest BCUT2D eigenvalue weighted by atomic mass is 9.72. The van der Waals surface area contributed by atoms with Gasteiger partial charge < -0.3 is 30.0 Å². The van der Waals surface area contributed by atoms with E-state index in [1.54, 1.807) is 24.4 Å².